The number of carbonyl (C=O) groups excluding carboxylic acids is 1. The lowest BCUT2D eigenvalue weighted by Crippen LogP contribution is -2.62. The van der Waals surface area contributed by atoms with E-state index in [0.29, 0.717) is 13.1 Å². The number of amides is 1. The molecule has 19 heavy (non-hydrogen) atoms. The fourth-order valence-corrected chi connectivity index (χ4v) is 2.02. The Hall–Kier alpha value is -2.15. The molecule has 1 saturated heterocycles. The maximum absolute atomic E-state index is 11.0. The smallest absolute Gasteiger partial charge is 0.329 e. The van der Waals surface area contributed by atoms with Gasteiger partial charge in [-0.1, -0.05) is 0 Å². The maximum Gasteiger partial charge on any atom is 0.329 e. The molecular weight excluding hydrogens is 250 g/mol. The minimum atomic E-state index is -0.986. The van der Waals surface area contributed by atoms with Crippen molar-refractivity contribution in [1.29, 1.82) is 0 Å². The second kappa shape index (κ2) is 4.85. The van der Waals surface area contributed by atoms with Crippen LogP contribution in [0, 0.1) is 0 Å². The topological polar surface area (TPSA) is 106 Å². The van der Waals surface area contributed by atoms with Gasteiger partial charge < -0.3 is 20.5 Å². The predicted molar refractivity (Wildman–Crippen MR) is 67.0 cm³/mol. The van der Waals surface area contributed by atoms with Crippen LogP contribution in [0.3, 0.4) is 0 Å². The Kier molecular flexibility index (Phi) is 3.39. The summed E-state index contributed by atoms with van der Waals surface area (Å²) in [5.41, 5.74) is 5.71. The third-order valence-electron chi connectivity index (χ3n) is 2.96. The standard InChI is InChI=1S/C12H15N3O4/c1-12(19-5-10(16)17)6-15(7-12)8-2-3-14-9(4-8)11(13)18/h2-4H,5-7H2,1H3,(H2,13,18)(H,16,17). The van der Waals surface area contributed by atoms with Crippen LogP contribution in [0.25, 0.3) is 0 Å². The molecule has 0 radical (unpaired) electrons. The molecule has 1 fully saturated rings. The molecule has 2 heterocycles. The molecule has 1 aliphatic rings. The highest BCUT2D eigenvalue weighted by Gasteiger charge is 2.40. The Morgan fingerprint density at radius 2 is 2.26 bits per heavy atom. The number of nitrogens with zero attached hydrogens (tertiary/aromatic N) is 2. The Balaban J connectivity index is 1.98. The number of carboxylic acids is 1. The van der Waals surface area contributed by atoms with Crippen LogP contribution >= 0.6 is 0 Å². The van der Waals surface area contributed by atoms with Gasteiger partial charge in [0.25, 0.3) is 5.91 Å². The number of carboxylic acid groups (broad SMARTS) is 1. The lowest BCUT2D eigenvalue weighted by Gasteiger charge is -2.48. The van der Waals surface area contributed by atoms with E-state index in [2.05, 4.69) is 4.98 Å². The number of aromatic nitrogens is 1. The van der Waals surface area contributed by atoms with Gasteiger partial charge in [0.1, 0.15) is 17.9 Å². The average molecular weight is 265 g/mol. The highest BCUT2D eigenvalue weighted by atomic mass is 16.5. The summed E-state index contributed by atoms with van der Waals surface area (Å²) in [6.45, 7) is 2.65. The first-order valence-corrected chi connectivity index (χ1v) is 5.76. The van der Waals surface area contributed by atoms with Crippen LogP contribution in [0.1, 0.15) is 17.4 Å². The maximum atomic E-state index is 11.0. The minimum Gasteiger partial charge on any atom is -0.480 e. The van der Waals surface area contributed by atoms with Gasteiger partial charge in [0.15, 0.2) is 0 Å². The Bertz CT molecular complexity index is 511. The Labute approximate surface area is 110 Å². The van der Waals surface area contributed by atoms with E-state index in [1.54, 1.807) is 12.1 Å². The zero-order valence-electron chi connectivity index (χ0n) is 10.5. The zero-order chi connectivity index (χ0) is 14.0. The molecule has 1 aromatic rings. The van der Waals surface area contributed by atoms with Crippen molar-refractivity contribution in [3.8, 4) is 0 Å². The minimum absolute atomic E-state index is 0.206. The van der Waals surface area contributed by atoms with Crippen molar-refractivity contribution in [1.82, 2.24) is 4.98 Å². The van der Waals surface area contributed by atoms with Crippen molar-refractivity contribution in [3.05, 3.63) is 24.0 Å². The quantitative estimate of drug-likeness (QED) is 0.767. The summed E-state index contributed by atoms with van der Waals surface area (Å²) in [6, 6.07) is 3.38. The molecule has 0 aromatic carbocycles. The normalized spacial score (nSPS) is 16.8. The molecule has 2 rings (SSSR count). The van der Waals surface area contributed by atoms with Crippen LogP contribution < -0.4 is 10.6 Å². The lowest BCUT2D eigenvalue weighted by atomic mass is 9.95. The molecule has 102 valence electrons. The van der Waals surface area contributed by atoms with Crippen LogP contribution in [-0.2, 0) is 9.53 Å². The third kappa shape index (κ3) is 3.00. The lowest BCUT2D eigenvalue weighted by molar-refractivity contribution is -0.150. The average Bonchev–Trinajstić information content (AvgIpc) is 2.33. The van der Waals surface area contributed by atoms with Gasteiger partial charge in [-0.25, -0.2) is 4.79 Å². The molecule has 1 aromatic heterocycles. The van der Waals surface area contributed by atoms with E-state index in [1.165, 1.54) is 6.20 Å². The predicted octanol–water partition coefficient (Wildman–Crippen LogP) is -0.140. The summed E-state index contributed by atoms with van der Waals surface area (Å²) in [5.74, 6) is -1.56. The van der Waals surface area contributed by atoms with Crippen LogP contribution in [0.2, 0.25) is 0 Å². The molecule has 3 N–H and O–H groups in total. The SMILES string of the molecule is CC1(OCC(=O)O)CN(c2ccnc(C(N)=O)c2)C1. The number of ether oxygens (including phenoxy) is 1. The molecule has 0 spiro atoms. The molecule has 0 bridgehead atoms. The van der Waals surface area contributed by atoms with Gasteiger partial charge in [0.05, 0.1) is 0 Å². The number of anilines is 1. The summed E-state index contributed by atoms with van der Waals surface area (Å²) in [6.07, 6.45) is 1.52. The summed E-state index contributed by atoms with van der Waals surface area (Å²) >= 11 is 0. The molecule has 1 aliphatic heterocycles. The first kappa shape index (κ1) is 13.3. The molecule has 0 saturated carbocycles. The second-order valence-electron chi connectivity index (χ2n) is 4.75. The number of primary amides is 1. The van der Waals surface area contributed by atoms with E-state index in [-0.39, 0.29) is 12.3 Å². The van der Waals surface area contributed by atoms with Gasteiger partial charge in [-0.3, -0.25) is 9.78 Å². The molecule has 7 nitrogen and oxygen atoms in total. The summed E-state index contributed by atoms with van der Waals surface area (Å²) in [5, 5.41) is 8.58. The number of hydrogen-bond donors (Lipinski definition) is 2. The monoisotopic (exact) mass is 265 g/mol. The highest BCUT2D eigenvalue weighted by molar-refractivity contribution is 5.91. The number of carbonyl (C=O) groups is 2. The van der Waals surface area contributed by atoms with E-state index in [1.807, 2.05) is 11.8 Å². The van der Waals surface area contributed by atoms with E-state index in [0.717, 1.165) is 5.69 Å². The van der Waals surface area contributed by atoms with Gasteiger partial charge in [-0.2, -0.15) is 0 Å². The third-order valence-corrected chi connectivity index (χ3v) is 2.96. The van der Waals surface area contributed by atoms with E-state index in [9.17, 15) is 9.59 Å². The van der Waals surface area contributed by atoms with Crippen LogP contribution in [0.15, 0.2) is 18.3 Å². The molecular formula is C12H15N3O4. The van der Waals surface area contributed by atoms with E-state index in [4.69, 9.17) is 15.6 Å². The first-order chi connectivity index (χ1) is 8.89. The molecule has 1 amide bonds. The Morgan fingerprint density at radius 3 is 2.84 bits per heavy atom. The number of rotatable bonds is 5. The van der Waals surface area contributed by atoms with Crippen molar-refractivity contribution in [3.63, 3.8) is 0 Å². The largest absolute Gasteiger partial charge is 0.480 e. The molecule has 0 aliphatic carbocycles. The van der Waals surface area contributed by atoms with Gasteiger partial charge in [0.2, 0.25) is 0 Å². The second-order valence-corrected chi connectivity index (χ2v) is 4.75. The number of pyridine rings is 1. The van der Waals surface area contributed by atoms with Crippen molar-refractivity contribution in [2.24, 2.45) is 5.73 Å². The Morgan fingerprint density at radius 1 is 1.58 bits per heavy atom. The van der Waals surface area contributed by atoms with E-state index < -0.39 is 17.5 Å². The van der Waals surface area contributed by atoms with Crippen LogP contribution in [-0.4, -0.2) is 47.3 Å². The summed E-state index contributed by atoms with van der Waals surface area (Å²) < 4.78 is 5.31. The van der Waals surface area contributed by atoms with Crippen molar-refractivity contribution < 1.29 is 19.4 Å². The van der Waals surface area contributed by atoms with Crippen LogP contribution in [0.4, 0.5) is 5.69 Å². The first-order valence-electron chi connectivity index (χ1n) is 5.76. The number of nitrogens with two attached hydrogens (primary N) is 1. The number of hydrogen-bond acceptors (Lipinski definition) is 5. The van der Waals surface area contributed by atoms with Crippen molar-refractivity contribution in [2.45, 2.75) is 12.5 Å². The fraction of sp³-hybridized carbons (Fsp3) is 0.417. The molecule has 0 unspecified atom stereocenters. The van der Waals surface area contributed by atoms with Gasteiger partial charge >= 0.3 is 5.97 Å². The van der Waals surface area contributed by atoms with Gasteiger partial charge in [-0.15, -0.1) is 0 Å². The fourth-order valence-electron chi connectivity index (χ4n) is 2.02. The van der Waals surface area contributed by atoms with Crippen LogP contribution in [0.5, 0.6) is 0 Å². The molecule has 0 atom stereocenters. The van der Waals surface area contributed by atoms with Gasteiger partial charge in [-0.05, 0) is 19.1 Å². The summed E-state index contributed by atoms with van der Waals surface area (Å²) in [4.78, 5) is 27.3. The van der Waals surface area contributed by atoms with Gasteiger partial charge in [0, 0.05) is 25.0 Å². The number of aliphatic carboxylic acids is 1. The zero-order valence-corrected chi connectivity index (χ0v) is 10.5. The van der Waals surface area contributed by atoms with Crippen molar-refractivity contribution >= 4 is 17.6 Å². The van der Waals surface area contributed by atoms with E-state index >= 15 is 0 Å². The summed E-state index contributed by atoms with van der Waals surface area (Å²) in [7, 11) is 0. The molecule has 7 heteroatoms. The highest BCUT2D eigenvalue weighted by Crippen LogP contribution is 2.30. The van der Waals surface area contributed by atoms with Crippen molar-refractivity contribution in [2.75, 3.05) is 24.6 Å².